The van der Waals surface area contributed by atoms with Crippen LogP contribution in [0.2, 0.25) is 10.0 Å². The van der Waals surface area contributed by atoms with Crippen LogP contribution in [-0.2, 0) is 4.79 Å². The number of anilines is 1. The fourth-order valence-electron chi connectivity index (χ4n) is 1.98. The molecule has 25 heavy (non-hydrogen) atoms. The summed E-state index contributed by atoms with van der Waals surface area (Å²) in [5.74, 6) is -0.0173. The summed E-state index contributed by atoms with van der Waals surface area (Å²) in [7, 11) is 0. The molecule has 1 amide bonds. The SMILES string of the molecule is O=C(CSc1ccc(-c2cccnc2)nn1)Nc1cc(Cl)ccc1Cl. The predicted molar refractivity (Wildman–Crippen MR) is 101 cm³/mol. The summed E-state index contributed by atoms with van der Waals surface area (Å²) >= 11 is 13.2. The minimum absolute atomic E-state index is 0.184. The minimum atomic E-state index is -0.202. The van der Waals surface area contributed by atoms with Gasteiger partial charge in [-0.3, -0.25) is 9.78 Å². The van der Waals surface area contributed by atoms with Gasteiger partial charge in [0.25, 0.3) is 0 Å². The molecule has 0 unspecified atom stereocenters. The summed E-state index contributed by atoms with van der Waals surface area (Å²) in [4.78, 5) is 16.1. The number of aromatic nitrogens is 3. The molecular formula is C17H12Cl2N4OS. The molecule has 0 spiro atoms. The second kappa shape index (κ2) is 8.29. The Labute approximate surface area is 158 Å². The molecule has 1 aromatic carbocycles. The molecule has 8 heteroatoms. The normalized spacial score (nSPS) is 10.5. The number of nitrogens with zero attached hydrogens (tertiary/aromatic N) is 3. The maximum Gasteiger partial charge on any atom is 0.234 e. The van der Waals surface area contributed by atoms with Gasteiger partial charge in [-0.2, -0.15) is 0 Å². The van der Waals surface area contributed by atoms with Gasteiger partial charge in [-0.15, -0.1) is 10.2 Å². The molecule has 0 aliphatic rings. The lowest BCUT2D eigenvalue weighted by atomic mass is 10.2. The van der Waals surface area contributed by atoms with E-state index in [4.69, 9.17) is 23.2 Å². The van der Waals surface area contributed by atoms with E-state index in [0.717, 1.165) is 11.3 Å². The molecule has 0 aliphatic heterocycles. The molecule has 0 radical (unpaired) electrons. The number of nitrogens with one attached hydrogen (secondary N) is 1. The first-order chi connectivity index (χ1) is 12.1. The van der Waals surface area contributed by atoms with E-state index in [0.29, 0.717) is 20.8 Å². The monoisotopic (exact) mass is 390 g/mol. The molecule has 0 aliphatic carbocycles. The van der Waals surface area contributed by atoms with Crippen LogP contribution in [0.5, 0.6) is 0 Å². The van der Waals surface area contributed by atoms with Crippen LogP contribution in [0.15, 0.2) is 59.9 Å². The molecule has 0 saturated heterocycles. The highest BCUT2D eigenvalue weighted by Crippen LogP contribution is 2.26. The number of carbonyl (C=O) groups excluding carboxylic acids is 1. The van der Waals surface area contributed by atoms with Crippen molar-refractivity contribution in [3.8, 4) is 11.3 Å². The van der Waals surface area contributed by atoms with Gasteiger partial charge < -0.3 is 5.32 Å². The van der Waals surface area contributed by atoms with Crippen LogP contribution in [0.4, 0.5) is 5.69 Å². The molecule has 1 N–H and O–H groups in total. The molecular weight excluding hydrogens is 379 g/mol. The van der Waals surface area contributed by atoms with Crippen molar-refractivity contribution in [3.05, 3.63) is 64.9 Å². The van der Waals surface area contributed by atoms with Crippen molar-refractivity contribution in [2.24, 2.45) is 0 Å². The third kappa shape index (κ3) is 4.92. The number of hydrogen-bond donors (Lipinski definition) is 1. The van der Waals surface area contributed by atoms with Crippen molar-refractivity contribution in [1.29, 1.82) is 0 Å². The summed E-state index contributed by atoms with van der Waals surface area (Å²) < 4.78 is 0. The summed E-state index contributed by atoms with van der Waals surface area (Å²) in [5, 5.41) is 12.6. The Kier molecular flexibility index (Phi) is 5.86. The molecule has 126 valence electrons. The van der Waals surface area contributed by atoms with E-state index in [9.17, 15) is 4.79 Å². The lowest BCUT2D eigenvalue weighted by Crippen LogP contribution is -2.14. The largest absolute Gasteiger partial charge is 0.324 e. The quantitative estimate of drug-likeness (QED) is 0.645. The van der Waals surface area contributed by atoms with Crippen molar-refractivity contribution in [2.45, 2.75) is 5.03 Å². The molecule has 0 bridgehead atoms. The summed E-state index contributed by atoms with van der Waals surface area (Å²) in [6, 6.07) is 12.3. The fraction of sp³-hybridized carbons (Fsp3) is 0.0588. The van der Waals surface area contributed by atoms with Crippen LogP contribution in [-0.4, -0.2) is 26.8 Å². The fourth-order valence-corrected chi connectivity index (χ4v) is 2.94. The summed E-state index contributed by atoms with van der Waals surface area (Å²) in [6.45, 7) is 0. The van der Waals surface area contributed by atoms with Gasteiger partial charge in [-0.25, -0.2) is 0 Å². The van der Waals surface area contributed by atoms with Gasteiger partial charge in [0.2, 0.25) is 5.91 Å². The Morgan fingerprint density at radius 1 is 1.12 bits per heavy atom. The Hall–Kier alpha value is -2.15. The predicted octanol–water partition coefficient (Wildman–Crippen LogP) is 4.58. The summed E-state index contributed by atoms with van der Waals surface area (Å²) in [5.41, 5.74) is 2.10. The standard InChI is InChI=1S/C17H12Cl2N4OS/c18-12-3-4-13(19)15(8-12)21-16(24)10-25-17-6-5-14(22-23-17)11-2-1-7-20-9-11/h1-9H,10H2,(H,21,24). The third-order valence-corrected chi connectivity index (χ3v) is 4.64. The Morgan fingerprint density at radius 2 is 2.00 bits per heavy atom. The molecule has 3 aromatic rings. The van der Waals surface area contributed by atoms with E-state index in [1.165, 1.54) is 11.8 Å². The van der Waals surface area contributed by atoms with Gasteiger partial charge in [-0.05, 0) is 42.5 Å². The highest BCUT2D eigenvalue weighted by molar-refractivity contribution is 7.99. The minimum Gasteiger partial charge on any atom is -0.324 e. The van der Waals surface area contributed by atoms with Crippen molar-refractivity contribution in [3.63, 3.8) is 0 Å². The van der Waals surface area contributed by atoms with E-state index in [-0.39, 0.29) is 11.7 Å². The zero-order valence-electron chi connectivity index (χ0n) is 12.8. The highest BCUT2D eigenvalue weighted by Gasteiger charge is 2.09. The second-order valence-electron chi connectivity index (χ2n) is 4.96. The Bertz CT molecular complexity index is 876. The van der Waals surface area contributed by atoms with Crippen LogP contribution >= 0.6 is 35.0 Å². The number of halogens is 2. The lowest BCUT2D eigenvalue weighted by molar-refractivity contribution is -0.113. The van der Waals surface area contributed by atoms with Gasteiger partial charge in [0, 0.05) is 23.0 Å². The molecule has 2 aromatic heterocycles. The van der Waals surface area contributed by atoms with Crippen LogP contribution in [0.1, 0.15) is 0 Å². The number of pyridine rings is 1. The number of carbonyl (C=O) groups is 1. The van der Waals surface area contributed by atoms with E-state index < -0.39 is 0 Å². The van der Waals surface area contributed by atoms with E-state index in [1.807, 2.05) is 24.3 Å². The number of amides is 1. The maximum atomic E-state index is 12.0. The zero-order chi connectivity index (χ0) is 17.6. The van der Waals surface area contributed by atoms with Crippen LogP contribution in [0.25, 0.3) is 11.3 Å². The first kappa shape index (κ1) is 17.7. The molecule has 3 rings (SSSR count). The molecule has 0 atom stereocenters. The number of thioether (sulfide) groups is 1. The smallest absolute Gasteiger partial charge is 0.234 e. The van der Waals surface area contributed by atoms with Gasteiger partial charge in [0.15, 0.2) is 0 Å². The van der Waals surface area contributed by atoms with Gasteiger partial charge in [0.1, 0.15) is 5.03 Å². The molecule has 2 heterocycles. The van der Waals surface area contributed by atoms with Crippen molar-refractivity contribution in [1.82, 2.24) is 15.2 Å². The van der Waals surface area contributed by atoms with E-state index >= 15 is 0 Å². The van der Waals surface area contributed by atoms with Crippen LogP contribution in [0.3, 0.4) is 0 Å². The molecule has 5 nitrogen and oxygen atoms in total. The Morgan fingerprint density at radius 3 is 2.72 bits per heavy atom. The van der Waals surface area contributed by atoms with Gasteiger partial charge in [0.05, 0.1) is 22.2 Å². The number of benzene rings is 1. The molecule has 0 saturated carbocycles. The van der Waals surface area contributed by atoms with E-state index in [1.54, 1.807) is 30.6 Å². The van der Waals surface area contributed by atoms with Crippen LogP contribution < -0.4 is 5.32 Å². The number of hydrogen-bond acceptors (Lipinski definition) is 5. The average Bonchev–Trinajstić information content (AvgIpc) is 2.64. The Balaban J connectivity index is 1.58. The number of rotatable bonds is 5. The van der Waals surface area contributed by atoms with Crippen molar-refractivity contribution in [2.75, 3.05) is 11.1 Å². The van der Waals surface area contributed by atoms with Gasteiger partial charge in [-0.1, -0.05) is 35.0 Å². The average molecular weight is 391 g/mol. The first-order valence-electron chi connectivity index (χ1n) is 7.23. The zero-order valence-corrected chi connectivity index (χ0v) is 15.1. The second-order valence-corrected chi connectivity index (χ2v) is 6.80. The summed E-state index contributed by atoms with van der Waals surface area (Å²) in [6.07, 6.45) is 3.42. The van der Waals surface area contributed by atoms with Gasteiger partial charge >= 0.3 is 0 Å². The van der Waals surface area contributed by atoms with Crippen molar-refractivity contribution >= 4 is 46.6 Å². The van der Waals surface area contributed by atoms with Crippen molar-refractivity contribution < 1.29 is 4.79 Å². The molecule has 0 fully saturated rings. The van der Waals surface area contributed by atoms with Crippen LogP contribution in [0, 0.1) is 0 Å². The topological polar surface area (TPSA) is 67.8 Å². The maximum absolute atomic E-state index is 12.0. The van der Waals surface area contributed by atoms with E-state index in [2.05, 4.69) is 20.5 Å². The first-order valence-corrected chi connectivity index (χ1v) is 8.98. The lowest BCUT2D eigenvalue weighted by Gasteiger charge is -2.07. The third-order valence-electron chi connectivity index (χ3n) is 3.15. The highest BCUT2D eigenvalue weighted by atomic mass is 35.5.